The van der Waals surface area contributed by atoms with E-state index >= 15 is 0 Å². The Balaban J connectivity index is 0.00000242. The molecule has 1 unspecified atom stereocenters. The summed E-state index contributed by atoms with van der Waals surface area (Å²) in [6.07, 6.45) is 4.80. The molecule has 1 saturated heterocycles. The number of guanidine groups is 1. The van der Waals surface area contributed by atoms with E-state index in [4.69, 9.17) is 10.5 Å². The summed E-state index contributed by atoms with van der Waals surface area (Å²) in [4.78, 5) is 6.57. The van der Waals surface area contributed by atoms with Crippen LogP contribution in [0.3, 0.4) is 0 Å². The van der Waals surface area contributed by atoms with Crippen molar-refractivity contribution in [2.24, 2.45) is 10.7 Å². The predicted octanol–water partition coefficient (Wildman–Crippen LogP) is 3.40. The molecule has 0 radical (unpaired) electrons. The second-order valence-corrected chi connectivity index (χ2v) is 5.48. The van der Waals surface area contributed by atoms with Crippen LogP contribution in [0.25, 0.3) is 0 Å². The van der Waals surface area contributed by atoms with Crippen molar-refractivity contribution in [3.05, 3.63) is 30.1 Å². The molecule has 1 aliphatic heterocycles. The van der Waals surface area contributed by atoms with E-state index in [9.17, 15) is 4.39 Å². The van der Waals surface area contributed by atoms with Crippen molar-refractivity contribution >= 4 is 29.9 Å². The summed E-state index contributed by atoms with van der Waals surface area (Å²) in [6.45, 7) is 4.41. The maximum absolute atomic E-state index is 12.8. The van der Waals surface area contributed by atoms with Gasteiger partial charge in [-0.3, -0.25) is 0 Å². The summed E-state index contributed by atoms with van der Waals surface area (Å²) in [6, 6.07) is 6.01. The number of hydrogen-bond donors (Lipinski definition) is 1. The Morgan fingerprint density at radius 3 is 2.41 bits per heavy atom. The lowest BCUT2D eigenvalue weighted by Gasteiger charge is -2.21. The molecule has 2 N–H and O–H groups in total. The van der Waals surface area contributed by atoms with Crippen LogP contribution in [0.4, 0.5) is 4.39 Å². The first-order valence-electron chi connectivity index (χ1n) is 7.62. The monoisotopic (exact) mass is 421 g/mol. The van der Waals surface area contributed by atoms with Gasteiger partial charge < -0.3 is 15.4 Å². The Hall–Kier alpha value is -1.05. The number of halogens is 2. The largest absolute Gasteiger partial charge is 0.489 e. The fourth-order valence-corrected chi connectivity index (χ4v) is 2.40. The van der Waals surface area contributed by atoms with E-state index in [1.165, 1.54) is 37.8 Å². The molecule has 0 spiro atoms. The van der Waals surface area contributed by atoms with E-state index < -0.39 is 0 Å². The van der Waals surface area contributed by atoms with Crippen LogP contribution >= 0.6 is 24.0 Å². The van der Waals surface area contributed by atoms with Gasteiger partial charge in [-0.1, -0.05) is 12.8 Å². The predicted molar refractivity (Wildman–Crippen MR) is 98.4 cm³/mol. The summed E-state index contributed by atoms with van der Waals surface area (Å²) < 4.78 is 18.5. The van der Waals surface area contributed by atoms with Gasteiger partial charge in [0.15, 0.2) is 5.96 Å². The lowest BCUT2D eigenvalue weighted by molar-refractivity contribution is 0.229. The highest BCUT2D eigenvalue weighted by Gasteiger charge is 2.11. The maximum atomic E-state index is 12.8. The lowest BCUT2D eigenvalue weighted by atomic mass is 10.2. The molecule has 4 nitrogen and oxygen atoms in total. The van der Waals surface area contributed by atoms with Gasteiger partial charge in [-0.15, -0.1) is 24.0 Å². The molecule has 0 aromatic heterocycles. The minimum absolute atomic E-state index is 0. The van der Waals surface area contributed by atoms with Crippen molar-refractivity contribution in [2.75, 3.05) is 19.6 Å². The molecular weight excluding hydrogens is 396 g/mol. The number of benzene rings is 1. The molecule has 1 aliphatic rings. The van der Waals surface area contributed by atoms with Gasteiger partial charge in [0, 0.05) is 13.1 Å². The van der Waals surface area contributed by atoms with E-state index in [1.807, 2.05) is 6.92 Å². The topological polar surface area (TPSA) is 50.8 Å². The molecule has 1 atom stereocenters. The van der Waals surface area contributed by atoms with Crippen LogP contribution in [0, 0.1) is 5.82 Å². The first-order chi connectivity index (χ1) is 10.1. The molecule has 0 aliphatic carbocycles. The third-order valence-electron chi connectivity index (χ3n) is 3.59. The highest BCUT2D eigenvalue weighted by atomic mass is 127. The Bertz CT molecular complexity index is 459. The molecule has 124 valence electrons. The molecule has 1 heterocycles. The van der Waals surface area contributed by atoms with Crippen molar-refractivity contribution in [1.29, 1.82) is 0 Å². The van der Waals surface area contributed by atoms with E-state index in [0.29, 0.717) is 18.3 Å². The minimum atomic E-state index is -0.265. The van der Waals surface area contributed by atoms with Crippen LogP contribution in [0.5, 0.6) is 5.75 Å². The molecule has 6 heteroatoms. The Labute approximate surface area is 148 Å². The highest BCUT2D eigenvalue weighted by molar-refractivity contribution is 14.0. The maximum Gasteiger partial charge on any atom is 0.191 e. The van der Waals surface area contributed by atoms with Crippen LogP contribution in [-0.4, -0.2) is 36.6 Å². The number of nitrogens with two attached hydrogens (primary N) is 1. The summed E-state index contributed by atoms with van der Waals surface area (Å²) in [5.74, 6) is 0.984. The van der Waals surface area contributed by atoms with Crippen molar-refractivity contribution in [1.82, 2.24) is 4.90 Å². The highest BCUT2D eigenvalue weighted by Crippen LogP contribution is 2.13. The normalized spacial score (nSPS) is 17.4. The van der Waals surface area contributed by atoms with E-state index in [1.54, 1.807) is 12.1 Å². The third kappa shape index (κ3) is 6.37. The molecule has 2 rings (SSSR count). The zero-order valence-corrected chi connectivity index (χ0v) is 15.3. The number of hydrogen-bond acceptors (Lipinski definition) is 2. The average Bonchev–Trinajstić information content (AvgIpc) is 2.76. The number of ether oxygens (including phenoxy) is 1. The third-order valence-corrected chi connectivity index (χ3v) is 3.59. The number of nitrogens with zero attached hydrogens (tertiary/aromatic N) is 2. The summed E-state index contributed by atoms with van der Waals surface area (Å²) >= 11 is 0. The van der Waals surface area contributed by atoms with Gasteiger partial charge in [-0.25, -0.2) is 9.38 Å². The van der Waals surface area contributed by atoms with Gasteiger partial charge in [-0.2, -0.15) is 0 Å². The van der Waals surface area contributed by atoms with Crippen LogP contribution in [0.15, 0.2) is 29.3 Å². The Kier molecular flexibility index (Phi) is 8.52. The lowest BCUT2D eigenvalue weighted by Crippen LogP contribution is -2.38. The summed E-state index contributed by atoms with van der Waals surface area (Å²) in [5, 5.41) is 0. The van der Waals surface area contributed by atoms with Gasteiger partial charge >= 0.3 is 0 Å². The van der Waals surface area contributed by atoms with Gasteiger partial charge in [0.05, 0.1) is 6.54 Å². The van der Waals surface area contributed by atoms with Crippen LogP contribution in [0.2, 0.25) is 0 Å². The van der Waals surface area contributed by atoms with E-state index in [-0.39, 0.29) is 35.9 Å². The Morgan fingerprint density at radius 2 is 1.82 bits per heavy atom. The molecule has 1 fully saturated rings. The first kappa shape index (κ1) is 19.0. The van der Waals surface area contributed by atoms with Crippen LogP contribution in [-0.2, 0) is 0 Å². The van der Waals surface area contributed by atoms with Gasteiger partial charge in [0.1, 0.15) is 17.7 Å². The zero-order valence-electron chi connectivity index (χ0n) is 13.0. The van der Waals surface area contributed by atoms with Crippen LogP contribution in [0.1, 0.15) is 32.6 Å². The van der Waals surface area contributed by atoms with E-state index in [2.05, 4.69) is 9.89 Å². The molecule has 1 aromatic rings. The molecule has 0 saturated carbocycles. The number of aliphatic imine (C=N–C) groups is 1. The van der Waals surface area contributed by atoms with Crippen molar-refractivity contribution in [3.63, 3.8) is 0 Å². The van der Waals surface area contributed by atoms with Gasteiger partial charge in [0.2, 0.25) is 0 Å². The SMILES string of the molecule is CC(CN=C(N)N1CCCCCC1)Oc1ccc(F)cc1.I. The summed E-state index contributed by atoms with van der Waals surface area (Å²) in [5.41, 5.74) is 6.05. The second-order valence-electron chi connectivity index (χ2n) is 5.48. The number of rotatable bonds is 4. The van der Waals surface area contributed by atoms with Gasteiger partial charge in [0.25, 0.3) is 0 Å². The quantitative estimate of drug-likeness (QED) is 0.461. The second kappa shape index (κ2) is 9.86. The zero-order chi connectivity index (χ0) is 15.1. The van der Waals surface area contributed by atoms with Crippen molar-refractivity contribution in [3.8, 4) is 5.75 Å². The molecular formula is C16H25FIN3O. The molecule has 0 amide bonds. The van der Waals surface area contributed by atoms with Gasteiger partial charge in [-0.05, 0) is 44.0 Å². The standard InChI is InChI=1S/C16H24FN3O.HI/c1-13(21-15-8-6-14(17)7-9-15)12-19-16(18)20-10-4-2-3-5-11-20;/h6-9,13H,2-5,10-12H2,1H3,(H2,18,19);1H. The minimum Gasteiger partial charge on any atom is -0.489 e. The Morgan fingerprint density at radius 1 is 1.23 bits per heavy atom. The van der Waals surface area contributed by atoms with E-state index in [0.717, 1.165) is 13.1 Å². The summed E-state index contributed by atoms with van der Waals surface area (Å²) in [7, 11) is 0. The number of likely N-dealkylation sites (tertiary alicyclic amines) is 1. The molecule has 0 bridgehead atoms. The average molecular weight is 421 g/mol. The first-order valence-corrected chi connectivity index (χ1v) is 7.62. The molecule has 1 aromatic carbocycles. The van der Waals surface area contributed by atoms with Crippen molar-refractivity contribution < 1.29 is 9.13 Å². The smallest absolute Gasteiger partial charge is 0.191 e. The van der Waals surface area contributed by atoms with Crippen LogP contribution < -0.4 is 10.5 Å². The molecule has 22 heavy (non-hydrogen) atoms. The fraction of sp³-hybridized carbons (Fsp3) is 0.562. The fourth-order valence-electron chi connectivity index (χ4n) is 2.40. The van der Waals surface area contributed by atoms with Crippen molar-refractivity contribution in [2.45, 2.75) is 38.7 Å².